The Bertz CT molecular complexity index is 4960. The fourth-order valence-electron chi connectivity index (χ4n) is 14.6. The molecule has 13 aromatic rings. The molecule has 3 heterocycles. The van der Waals surface area contributed by atoms with Crippen LogP contribution in [0, 0.1) is 13.8 Å². The molecule has 0 amide bonds. The van der Waals surface area contributed by atoms with Crippen LogP contribution < -0.4 is 15.1 Å². The van der Waals surface area contributed by atoms with Gasteiger partial charge >= 0.3 is 0 Å². The number of nitrogens with one attached hydrogen (secondary N) is 1. The second-order valence-corrected chi connectivity index (χ2v) is 23.6. The third-order valence-corrected chi connectivity index (χ3v) is 18.3. The lowest BCUT2D eigenvalue weighted by Crippen LogP contribution is -2.44. The van der Waals surface area contributed by atoms with E-state index in [-0.39, 0.29) is 6.17 Å². The molecule has 0 radical (unpaired) electrons. The van der Waals surface area contributed by atoms with E-state index < -0.39 is 5.41 Å². The summed E-state index contributed by atoms with van der Waals surface area (Å²) in [4.78, 5) is 10.4. The van der Waals surface area contributed by atoms with Crippen molar-refractivity contribution >= 4 is 71.9 Å². The Kier molecular flexibility index (Phi) is 12.6. The molecule has 5 nitrogen and oxygen atoms in total. The lowest BCUT2D eigenvalue weighted by atomic mass is 9.67. The number of aromatic nitrogens is 2. The highest BCUT2D eigenvalue weighted by molar-refractivity contribution is 6.33. The van der Waals surface area contributed by atoms with E-state index in [9.17, 15) is 0 Å². The number of dihydropyridines is 1. The fraction of sp³-hybridized carbons (Fsp3) is 0.0854. The van der Waals surface area contributed by atoms with Crippen molar-refractivity contribution in [1.82, 2.24) is 14.9 Å². The quantitative estimate of drug-likeness (QED) is 0.131. The molecule has 5 heteroatoms. The summed E-state index contributed by atoms with van der Waals surface area (Å²) >= 11 is 0. The van der Waals surface area contributed by atoms with Gasteiger partial charge in [-0.2, -0.15) is 0 Å². The molecule has 3 aliphatic rings. The maximum Gasteiger partial charge on any atom is 0.145 e. The first-order valence-electron chi connectivity index (χ1n) is 30.4. The van der Waals surface area contributed by atoms with E-state index in [1.165, 1.54) is 93.5 Å². The van der Waals surface area contributed by atoms with Crippen molar-refractivity contribution in [1.29, 1.82) is 0 Å². The molecule has 2 unspecified atom stereocenters. The Morgan fingerprint density at radius 2 is 1.14 bits per heavy atom. The average molecular weight is 1120 g/mol. The number of fused-ring (bicyclic) bond motifs is 12. The zero-order valence-electron chi connectivity index (χ0n) is 49.0. The minimum Gasteiger partial charge on any atom is -0.367 e. The molecule has 0 bridgehead atoms. The number of rotatable bonds is 11. The van der Waals surface area contributed by atoms with Crippen LogP contribution in [0.15, 0.2) is 308 Å². The third kappa shape index (κ3) is 8.32. The number of anilines is 5. The summed E-state index contributed by atoms with van der Waals surface area (Å²) in [5.74, 6) is 0.854. The molecule has 0 saturated carbocycles. The molecule has 0 fully saturated rings. The van der Waals surface area contributed by atoms with Crippen molar-refractivity contribution in [2.24, 2.45) is 0 Å². The molecule has 416 valence electrons. The van der Waals surface area contributed by atoms with Crippen LogP contribution in [-0.4, -0.2) is 15.7 Å². The van der Waals surface area contributed by atoms with Gasteiger partial charge in [0, 0.05) is 73.6 Å². The number of pyridine rings is 1. The Labute approximate surface area is 508 Å². The van der Waals surface area contributed by atoms with E-state index in [0.29, 0.717) is 0 Å². The summed E-state index contributed by atoms with van der Waals surface area (Å²) in [5, 5.41) is 11.3. The Hall–Kier alpha value is -10.8. The number of allylic oxidation sites excluding steroid dienone is 5. The molecule has 87 heavy (non-hydrogen) atoms. The van der Waals surface area contributed by atoms with Crippen LogP contribution in [0.25, 0.3) is 71.3 Å². The molecule has 2 aromatic heterocycles. The van der Waals surface area contributed by atoms with Crippen LogP contribution in [0.5, 0.6) is 0 Å². The summed E-state index contributed by atoms with van der Waals surface area (Å²) in [6.45, 7) is 6.55. The van der Waals surface area contributed by atoms with Crippen molar-refractivity contribution in [3.05, 3.63) is 342 Å². The average Bonchev–Trinajstić information content (AvgIpc) is 1.51. The number of hydrogen-bond donors (Lipinski definition) is 1. The van der Waals surface area contributed by atoms with Gasteiger partial charge in [-0.25, -0.2) is 4.98 Å². The third-order valence-electron chi connectivity index (χ3n) is 18.3. The first kappa shape index (κ1) is 51.9. The van der Waals surface area contributed by atoms with Gasteiger partial charge in [0.25, 0.3) is 0 Å². The molecule has 0 saturated heterocycles. The first-order chi connectivity index (χ1) is 42.9. The number of nitrogens with zero attached hydrogens (tertiary/aromatic N) is 4. The molecule has 2 aliphatic carbocycles. The molecule has 1 aliphatic heterocycles. The highest BCUT2D eigenvalue weighted by Gasteiger charge is 2.51. The number of hydrogen-bond acceptors (Lipinski definition) is 4. The zero-order valence-corrected chi connectivity index (χ0v) is 49.0. The second-order valence-electron chi connectivity index (χ2n) is 23.6. The highest BCUT2D eigenvalue weighted by atomic mass is 15.3. The molecule has 11 aromatic carbocycles. The van der Waals surface area contributed by atoms with Crippen molar-refractivity contribution in [2.75, 3.05) is 9.80 Å². The smallest absolute Gasteiger partial charge is 0.145 e. The maximum atomic E-state index is 5.43. The Morgan fingerprint density at radius 3 is 1.84 bits per heavy atom. The predicted molar refractivity (Wildman–Crippen MR) is 364 cm³/mol. The lowest BCUT2D eigenvalue weighted by molar-refractivity contribution is 0.665. The van der Waals surface area contributed by atoms with Crippen LogP contribution in [0.1, 0.15) is 53.1 Å². The van der Waals surface area contributed by atoms with Gasteiger partial charge in [0.05, 0.1) is 22.1 Å². The summed E-state index contributed by atoms with van der Waals surface area (Å²) in [6.07, 6.45) is 15.4. The topological polar surface area (TPSA) is 36.3 Å². The minimum absolute atomic E-state index is 0.307. The van der Waals surface area contributed by atoms with E-state index in [4.69, 9.17) is 4.98 Å². The molecule has 2 atom stereocenters. The zero-order chi connectivity index (χ0) is 58.2. The van der Waals surface area contributed by atoms with E-state index in [2.05, 4.69) is 326 Å². The molecule has 1 N–H and O–H groups in total. The van der Waals surface area contributed by atoms with Crippen LogP contribution in [0.3, 0.4) is 0 Å². The van der Waals surface area contributed by atoms with Crippen molar-refractivity contribution in [2.45, 2.75) is 45.2 Å². The van der Waals surface area contributed by atoms with E-state index >= 15 is 0 Å². The monoisotopic (exact) mass is 1120 g/mol. The van der Waals surface area contributed by atoms with Gasteiger partial charge in [-0.15, -0.1) is 0 Å². The summed E-state index contributed by atoms with van der Waals surface area (Å²) in [7, 11) is 0. The van der Waals surface area contributed by atoms with Gasteiger partial charge in [-0.05, 0) is 155 Å². The van der Waals surface area contributed by atoms with Gasteiger partial charge in [0.2, 0.25) is 0 Å². The summed E-state index contributed by atoms with van der Waals surface area (Å²) < 4.78 is 2.64. The minimum atomic E-state index is -0.937. The van der Waals surface area contributed by atoms with Gasteiger partial charge in [0.15, 0.2) is 0 Å². The largest absolute Gasteiger partial charge is 0.367 e. The number of aryl methyl sites for hydroxylation is 2. The highest BCUT2D eigenvalue weighted by Crippen LogP contribution is 2.64. The summed E-state index contributed by atoms with van der Waals surface area (Å²) in [5.41, 5.74) is 21.9. The maximum absolute atomic E-state index is 5.43. The van der Waals surface area contributed by atoms with Crippen LogP contribution in [0.4, 0.5) is 28.6 Å². The number of benzene rings is 11. The molecule has 16 rings (SSSR count). The van der Waals surface area contributed by atoms with Crippen molar-refractivity contribution < 1.29 is 0 Å². The van der Waals surface area contributed by atoms with Crippen LogP contribution >= 0.6 is 0 Å². The van der Waals surface area contributed by atoms with Gasteiger partial charge in [-0.3, -0.25) is 4.90 Å². The lowest BCUT2D eigenvalue weighted by Gasteiger charge is -2.40. The SMILES string of the molecule is CC1=CNC(N(c2ccccc2)c2cc3c4c5ccccc5c5ccccc5c4n(-c4ccccc4)c3c3c2-c2ccc(N(c4ccccc4)c4ncc(C)cc4-c4ccccc4)cc2C3(c2ccccc2)c2ccc(C)cc2)C(C2=CCCC=C2)=C1. The van der Waals surface area contributed by atoms with Crippen molar-refractivity contribution in [3.63, 3.8) is 0 Å². The second kappa shape index (κ2) is 21.1. The van der Waals surface area contributed by atoms with E-state index in [0.717, 1.165) is 69.4 Å². The Balaban J connectivity index is 1.14. The Morgan fingerprint density at radius 1 is 0.517 bits per heavy atom. The van der Waals surface area contributed by atoms with Gasteiger partial charge in [0.1, 0.15) is 12.0 Å². The van der Waals surface area contributed by atoms with Crippen molar-refractivity contribution in [3.8, 4) is 27.9 Å². The van der Waals surface area contributed by atoms with E-state index in [1.807, 2.05) is 6.20 Å². The first-order valence-corrected chi connectivity index (χ1v) is 30.4. The molecule has 0 spiro atoms. The van der Waals surface area contributed by atoms with Gasteiger partial charge in [-0.1, -0.05) is 224 Å². The summed E-state index contributed by atoms with van der Waals surface area (Å²) in [6, 6.07) is 94.9. The standard InChI is InChI=1S/C82H63N5/c1-54-42-44-60(45-43-54)82(59-30-14-6-15-31-59)73-50-64(85(61-32-16-7-17-33-61)80-70(48-55(2)52-83-80)57-26-10-4-11-27-57)46-47-69(73)76-74(86(62-34-18-8-19-35-62)81-71(49-56(3)53-84-81)58-28-12-5-13-29-58)51-72-75-67-40-24-22-38-65(67)66-39-23-25-41-68(66)78(75)87(79(72)77(76)82)63-36-20-9-21-37-63/h4,6-12,14-53,81,84H,5,13H2,1-3H3. The predicted octanol–water partition coefficient (Wildman–Crippen LogP) is 20.8. The van der Waals surface area contributed by atoms with Crippen LogP contribution in [0.2, 0.25) is 0 Å². The number of para-hydroxylation sites is 3. The van der Waals surface area contributed by atoms with Gasteiger partial charge < -0.3 is 14.8 Å². The van der Waals surface area contributed by atoms with E-state index in [1.54, 1.807) is 0 Å². The molecular weight excluding hydrogens is 1050 g/mol. The normalized spacial score (nSPS) is 16.1. The fourth-order valence-corrected chi connectivity index (χ4v) is 14.6. The molecular formula is C82H63N5. The van der Waals surface area contributed by atoms with Crippen LogP contribution in [-0.2, 0) is 5.41 Å².